The molecule has 0 bridgehead atoms. The maximum absolute atomic E-state index is 12.5. The summed E-state index contributed by atoms with van der Waals surface area (Å²) in [6.45, 7) is 0.647. The van der Waals surface area contributed by atoms with Crippen molar-refractivity contribution in [3.8, 4) is 6.07 Å². The van der Waals surface area contributed by atoms with Gasteiger partial charge in [-0.15, -0.1) is 0 Å². The second-order valence-corrected chi connectivity index (χ2v) is 5.25. The predicted octanol–water partition coefficient (Wildman–Crippen LogP) is 0.953. The second kappa shape index (κ2) is 8.80. The molecular formula is C16H22N4O2. The lowest BCUT2D eigenvalue weighted by atomic mass is 10.2. The zero-order valence-electron chi connectivity index (χ0n) is 13.3. The van der Waals surface area contributed by atoms with Crippen LogP contribution in [0.3, 0.4) is 0 Å². The van der Waals surface area contributed by atoms with E-state index in [-0.39, 0.29) is 31.3 Å². The Labute approximate surface area is 131 Å². The van der Waals surface area contributed by atoms with Crippen LogP contribution in [0, 0.1) is 11.3 Å². The maximum atomic E-state index is 12.5. The van der Waals surface area contributed by atoms with Gasteiger partial charge in [0.05, 0.1) is 25.6 Å². The van der Waals surface area contributed by atoms with Gasteiger partial charge in [0.1, 0.15) is 0 Å². The number of nitrogens with zero attached hydrogens (tertiary/aromatic N) is 4. The summed E-state index contributed by atoms with van der Waals surface area (Å²) in [7, 11) is 5.09. The van der Waals surface area contributed by atoms with E-state index in [1.165, 1.54) is 4.90 Å². The third-order valence-corrected chi connectivity index (χ3v) is 3.13. The molecule has 0 unspecified atom stereocenters. The fraction of sp³-hybridized carbons (Fsp3) is 0.438. The van der Waals surface area contributed by atoms with E-state index in [2.05, 4.69) is 6.07 Å². The highest BCUT2D eigenvalue weighted by Crippen LogP contribution is 2.14. The SMILES string of the molecule is CN(CC(=O)N(C)C)CC(=O)N(CCC#N)c1ccccc1. The van der Waals surface area contributed by atoms with Gasteiger partial charge in [-0.1, -0.05) is 18.2 Å². The normalized spacial score (nSPS) is 10.1. The zero-order valence-corrected chi connectivity index (χ0v) is 13.3. The van der Waals surface area contributed by atoms with E-state index in [1.807, 2.05) is 30.3 Å². The summed E-state index contributed by atoms with van der Waals surface area (Å²) in [5.41, 5.74) is 0.759. The minimum absolute atomic E-state index is 0.0569. The smallest absolute Gasteiger partial charge is 0.241 e. The third kappa shape index (κ3) is 5.54. The molecule has 118 valence electrons. The molecule has 6 nitrogen and oxygen atoms in total. The average molecular weight is 302 g/mol. The fourth-order valence-corrected chi connectivity index (χ4v) is 1.91. The topological polar surface area (TPSA) is 67.7 Å². The quantitative estimate of drug-likeness (QED) is 0.752. The molecule has 0 radical (unpaired) electrons. The van der Waals surface area contributed by atoms with Crippen LogP contribution in [0.2, 0.25) is 0 Å². The molecule has 0 aliphatic rings. The molecule has 0 N–H and O–H groups in total. The van der Waals surface area contributed by atoms with Crippen molar-refractivity contribution in [1.29, 1.82) is 5.26 Å². The van der Waals surface area contributed by atoms with Crippen molar-refractivity contribution in [2.75, 3.05) is 45.7 Å². The summed E-state index contributed by atoms with van der Waals surface area (Å²) in [6, 6.07) is 11.3. The summed E-state index contributed by atoms with van der Waals surface area (Å²) in [5.74, 6) is -0.186. The molecule has 2 amide bonds. The van der Waals surface area contributed by atoms with Crippen LogP contribution in [-0.2, 0) is 9.59 Å². The van der Waals surface area contributed by atoms with Crippen molar-refractivity contribution in [3.63, 3.8) is 0 Å². The van der Waals surface area contributed by atoms with Crippen molar-refractivity contribution in [2.24, 2.45) is 0 Å². The van der Waals surface area contributed by atoms with Crippen LogP contribution in [0.5, 0.6) is 0 Å². The van der Waals surface area contributed by atoms with E-state index in [1.54, 1.807) is 30.9 Å². The van der Waals surface area contributed by atoms with Gasteiger partial charge in [-0.05, 0) is 19.2 Å². The Morgan fingerprint density at radius 1 is 1.05 bits per heavy atom. The van der Waals surface area contributed by atoms with Crippen molar-refractivity contribution >= 4 is 17.5 Å². The zero-order chi connectivity index (χ0) is 16.5. The van der Waals surface area contributed by atoms with E-state index >= 15 is 0 Å². The van der Waals surface area contributed by atoms with Crippen LogP contribution in [0.1, 0.15) is 6.42 Å². The molecule has 6 heteroatoms. The number of carbonyl (C=O) groups is 2. The van der Waals surface area contributed by atoms with Gasteiger partial charge in [0.15, 0.2) is 0 Å². The monoisotopic (exact) mass is 302 g/mol. The summed E-state index contributed by atoms with van der Waals surface area (Å²) in [4.78, 5) is 28.9. The first-order valence-corrected chi connectivity index (χ1v) is 7.06. The predicted molar refractivity (Wildman–Crippen MR) is 85.2 cm³/mol. The van der Waals surface area contributed by atoms with E-state index in [4.69, 9.17) is 5.26 Å². The molecule has 0 spiro atoms. The standard InChI is InChI=1S/C16H22N4O2/c1-18(2)15(21)12-19(3)13-16(22)20(11-7-10-17)14-8-5-4-6-9-14/h4-6,8-9H,7,11-13H2,1-3H3. The largest absolute Gasteiger partial charge is 0.348 e. The lowest BCUT2D eigenvalue weighted by Crippen LogP contribution is -2.43. The Kier molecular flexibility index (Phi) is 7.06. The highest BCUT2D eigenvalue weighted by Gasteiger charge is 2.18. The molecule has 1 aromatic carbocycles. The van der Waals surface area contributed by atoms with E-state index in [0.29, 0.717) is 6.54 Å². The minimum Gasteiger partial charge on any atom is -0.348 e. The molecule has 1 aromatic rings. The molecule has 0 aromatic heterocycles. The van der Waals surface area contributed by atoms with Crippen molar-refractivity contribution in [3.05, 3.63) is 30.3 Å². The third-order valence-electron chi connectivity index (χ3n) is 3.13. The van der Waals surface area contributed by atoms with Gasteiger partial charge < -0.3 is 9.80 Å². The summed E-state index contributed by atoms with van der Waals surface area (Å²) >= 11 is 0. The van der Waals surface area contributed by atoms with Crippen LogP contribution >= 0.6 is 0 Å². The number of likely N-dealkylation sites (N-methyl/N-ethyl adjacent to an activating group) is 2. The first-order chi connectivity index (χ1) is 10.5. The van der Waals surface area contributed by atoms with Crippen molar-refractivity contribution in [2.45, 2.75) is 6.42 Å². The minimum atomic E-state index is -0.129. The lowest BCUT2D eigenvalue weighted by molar-refractivity contribution is -0.130. The molecular weight excluding hydrogens is 280 g/mol. The number of carbonyl (C=O) groups excluding carboxylic acids is 2. The average Bonchev–Trinajstić information content (AvgIpc) is 2.48. The molecule has 0 saturated carbocycles. The molecule has 0 heterocycles. The van der Waals surface area contributed by atoms with Gasteiger partial charge in [0.2, 0.25) is 11.8 Å². The van der Waals surface area contributed by atoms with Gasteiger partial charge in [-0.3, -0.25) is 14.5 Å². The molecule has 0 aliphatic carbocycles. The highest BCUT2D eigenvalue weighted by atomic mass is 16.2. The Hall–Kier alpha value is -2.39. The number of hydrogen-bond acceptors (Lipinski definition) is 4. The molecule has 1 rings (SSSR count). The highest BCUT2D eigenvalue weighted by molar-refractivity contribution is 5.95. The number of anilines is 1. The lowest BCUT2D eigenvalue weighted by Gasteiger charge is -2.25. The number of benzene rings is 1. The van der Waals surface area contributed by atoms with Crippen LogP contribution in [0.15, 0.2) is 30.3 Å². The molecule has 0 aliphatic heterocycles. The molecule has 0 fully saturated rings. The van der Waals surface area contributed by atoms with E-state index < -0.39 is 0 Å². The van der Waals surface area contributed by atoms with Gasteiger partial charge in [0, 0.05) is 26.3 Å². The Morgan fingerprint density at radius 2 is 1.64 bits per heavy atom. The first-order valence-electron chi connectivity index (χ1n) is 7.06. The van der Waals surface area contributed by atoms with Crippen LogP contribution in [0.4, 0.5) is 5.69 Å². The van der Waals surface area contributed by atoms with E-state index in [0.717, 1.165) is 5.69 Å². The van der Waals surface area contributed by atoms with Crippen LogP contribution in [-0.4, -0.2) is 62.4 Å². The number of nitriles is 1. The van der Waals surface area contributed by atoms with Gasteiger partial charge in [-0.2, -0.15) is 5.26 Å². The molecule has 22 heavy (non-hydrogen) atoms. The number of para-hydroxylation sites is 1. The second-order valence-electron chi connectivity index (χ2n) is 5.25. The summed E-state index contributed by atoms with van der Waals surface area (Å²) in [5, 5.41) is 8.76. The Morgan fingerprint density at radius 3 is 2.18 bits per heavy atom. The number of amides is 2. The van der Waals surface area contributed by atoms with Gasteiger partial charge in [-0.25, -0.2) is 0 Å². The number of rotatable bonds is 7. The summed E-state index contributed by atoms with van der Waals surface area (Å²) < 4.78 is 0. The molecule has 0 saturated heterocycles. The summed E-state index contributed by atoms with van der Waals surface area (Å²) in [6.07, 6.45) is 0.265. The Balaban J connectivity index is 2.72. The van der Waals surface area contributed by atoms with Crippen molar-refractivity contribution < 1.29 is 9.59 Å². The van der Waals surface area contributed by atoms with Crippen LogP contribution in [0.25, 0.3) is 0 Å². The van der Waals surface area contributed by atoms with Gasteiger partial charge in [0.25, 0.3) is 0 Å². The Bertz CT molecular complexity index is 537. The van der Waals surface area contributed by atoms with Gasteiger partial charge >= 0.3 is 0 Å². The first kappa shape index (κ1) is 17.7. The van der Waals surface area contributed by atoms with E-state index in [9.17, 15) is 9.59 Å². The maximum Gasteiger partial charge on any atom is 0.241 e. The number of hydrogen-bond donors (Lipinski definition) is 0. The van der Waals surface area contributed by atoms with Crippen molar-refractivity contribution in [1.82, 2.24) is 9.80 Å². The fourth-order valence-electron chi connectivity index (χ4n) is 1.91. The van der Waals surface area contributed by atoms with Crippen LogP contribution < -0.4 is 4.90 Å². The molecule has 0 atom stereocenters.